The molecule has 1 heterocycles. The molecule has 3 heteroatoms. The molecule has 0 atom stereocenters. The van der Waals surface area contributed by atoms with Gasteiger partial charge in [0.15, 0.2) is 0 Å². The number of aromatic nitrogens is 2. The number of nitrogens with two attached hydrogens (primary N) is 1. The van der Waals surface area contributed by atoms with Gasteiger partial charge in [-0.1, -0.05) is 42.5 Å². The maximum absolute atomic E-state index is 5.84. The van der Waals surface area contributed by atoms with Crippen molar-refractivity contribution in [3.05, 3.63) is 72.6 Å². The molecule has 0 saturated heterocycles. The lowest BCUT2D eigenvalue weighted by Gasteiger charge is -2.08. The molecular formula is C17H17N3. The van der Waals surface area contributed by atoms with Gasteiger partial charge in [0.05, 0.1) is 0 Å². The zero-order chi connectivity index (χ0) is 13.8. The number of aryl methyl sites for hydroxylation is 2. The van der Waals surface area contributed by atoms with Crippen LogP contribution in [0.4, 0.5) is 5.69 Å². The minimum atomic E-state index is 0.764. The largest absolute Gasteiger partial charge is 0.399 e. The molecule has 20 heavy (non-hydrogen) atoms. The van der Waals surface area contributed by atoms with E-state index >= 15 is 0 Å². The monoisotopic (exact) mass is 263 g/mol. The van der Waals surface area contributed by atoms with Crippen LogP contribution in [0.3, 0.4) is 0 Å². The topological polar surface area (TPSA) is 43.8 Å². The van der Waals surface area contributed by atoms with E-state index in [4.69, 9.17) is 5.73 Å². The van der Waals surface area contributed by atoms with E-state index in [2.05, 4.69) is 33.8 Å². The summed E-state index contributed by atoms with van der Waals surface area (Å²) in [5, 5.41) is 0. The zero-order valence-corrected chi connectivity index (χ0v) is 11.2. The Morgan fingerprint density at radius 2 is 1.85 bits per heavy atom. The molecule has 0 amide bonds. The van der Waals surface area contributed by atoms with Crippen LogP contribution in [0.2, 0.25) is 0 Å². The molecule has 1 aromatic heterocycles. The van der Waals surface area contributed by atoms with Crippen LogP contribution >= 0.6 is 0 Å². The second-order valence-corrected chi connectivity index (χ2v) is 4.81. The summed E-state index contributed by atoms with van der Waals surface area (Å²) in [6.07, 6.45) is 4.84. The lowest BCUT2D eigenvalue weighted by molar-refractivity contribution is 0.703. The van der Waals surface area contributed by atoms with Gasteiger partial charge in [0, 0.05) is 30.2 Å². The highest BCUT2D eigenvalue weighted by Crippen LogP contribution is 2.20. The minimum absolute atomic E-state index is 0.764. The van der Waals surface area contributed by atoms with E-state index < -0.39 is 0 Å². The number of imidazole rings is 1. The summed E-state index contributed by atoms with van der Waals surface area (Å²) < 4.78 is 2.17. The first-order chi connectivity index (χ1) is 9.83. The molecule has 0 saturated carbocycles. The molecule has 2 aromatic carbocycles. The van der Waals surface area contributed by atoms with Gasteiger partial charge in [0.2, 0.25) is 0 Å². The van der Waals surface area contributed by atoms with E-state index in [1.54, 1.807) is 0 Å². The Kier molecular flexibility index (Phi) is 3.50. The summed E-state index contributed by atoms with van der Waals surface area (Å²) in [6, 6.07) is 18.3. The highest BCUT2D eigenvalue weighted by molar-refractivity contribution is 5.61. The van der Waals surface area contributed by atoms with Crippen molar-refractivity contribution in [2.75, 3.05) is 5.73 Å². The van der Waals surface area contributed by atoms with Crippen LogP contribution in [0.25, 0.3) is 11.4 Å². The number of nitrogen functional groups attached to an aromatic ring is 1. The van der Waals surface area contributed by atoms with E-state index in [-0.39, 0.29) is 0 Å². The van der Waals surface area contributed by atoms with Gasteiger partial charge in [0.1, 0.15) is 5.82 Å². The molecule has 2 N–H and O–H groups in total. The first kappa shape index (κ1) is 12.5. The molecule has 0 spiro atoms. The lowest BCUT2D eigenvalue weighted by atomic mass is 10.1. The van der Waals surface area contributed by atoms with Crippen LogP contribution in [-0.2, 0) is 13.0 Å². The van der Waals surface area contributed by atoms with Crippen molar-refractivity contribution in [3.8, 4) is 11.4 Å². The van der Waals surface area contributed by atoms with Crippen LogP contribution in [0.5, 0.6) is 0 Å². The Bertz CT molecular complexity index is 686. The Labute approximate surface area is 118 Å². The van der Waals surface area contributed by atoms with Crippen LogP contribution in [0.1, 0.15) is 5.56 Å². The highest BCUT2D eigenvalue weighted by Gasteiger charge is 2.06. The van der Waals surface area contributed by atoms with Gasteiger partial charge in [-0.3, -0.25) is 0 Å². The Morgan fingerprint density at radius 3 is 2.65 bits per heavy atom. The quantitative estimate of drug-likeness (QED) is 0.733. The summed E-state index contributed by atoms with van der Waals surface area (Å²) in [7, 11) is 0. The molecule has 0 fully saturated rings. The van der Waals surface area contributed by atoms with Gasteiger partial charge in [-0.25, -0.2) is 4.98 Å². The maximum atomic E-state index is 5.84. The number of anilines is 1. The normalized spacial score (nSPS) is 10.6. The summed E-state index contributed by atoms with van der Waals surface area (Å²) in [5.74, 6) is 0.966. The van der Waals surface area contributed by atoms with Gasteiger partial charge < -0.3 is 10.3 Å². The summed E-state index contributed by atoms with van der Waals surface area (Å²) >= 11 is 0. The third-order valence-electron chi connectivity index (χ3n) is 3.34. The van der Waals surface area contributed by atoms with E-state index in [0.29, 0.717) is 0 Å². The molecule has 0 aliphatic carbocycles. The highest BCUT2D eigenvalue weighted by atomic mass is 15.1. The summed E-state index contributed by atoms with van der Waals surface area (Å²) in [4.78, 5) is 4.45. The Balaban J connectivity index is 1.80. The fourth-order valence-electron chi connectivity index (χ4n) is 2.32. The van der Waals surface area contributed by atoms with Crippen molar-refractivity contribution in [1.29, 1.82) is 0 Å². The molecule has 0 bridgehead atoms. The van der Waals surface area contributed by atoms with Gasteiger partial charge in [-0.2, -0.15) is 0 Å². The average molecular weight is 263 g/mol. The Hall–Kier alpha value is -2.55. The number of nitrogens with zero attached hydrogens (tertiary/aromatic N) is 2. The van der Waals surface area contributed by atoms with Gasteiger partial charge in [0.25, 0.3) is 0 Å². The number of benzene rings is 2. The van der Waals surface area contributed by atoms with Gasteiger partial charge in [-0.05, 0) is 24.1 Å². The van der Waals surface area contributed by atoms with Gasteiger partial charge in [-0.15, -0.1) is 0 Å². The predicted octanol–water partition coefficient (Wildman–Crippen LogP) is 3.38. The molecule has 0 unspecified atom stereocenters. The molecule has 0 radical (unpaired) electrons. The fourth-order valence-corrected chi connectivity index (χ4v) is 2.32. The third kappa shape index (κ3) is 2.72. The first-order valence-corrected chi connectivity index (χ1v) is 6.74. The number of hydrogen-bond donors (Lipinski definition) is 1. The second-order valence-electron chi connectivity index (χ2n) is 4.81. The Morgan fingerprint density at radius 1 is 1.00 bits per heavy atom. The predicted molar refractivity (Wildman–Crippen MR) is 82.2 cm³/mol. The van der Waals surface area contributed by atoms with Crippen molar-refractivity contribution in [1.82, 2.24) is 9.55 Å². The second kappa shape index (κ2) is 5.61. The molecular weight excluding hydrogens is 246 g/mol. The maximum Gasteiger partial charge on any atom is 0.139 e. The average Bonchev–Trinajstić information content (AvgIpc) is 2.95. The summed E-state index contributed by atoms with van der Waals surface area (Å²) in [5.41, 5.74) is 9.00. The SMILES string of the molecule is Nc1cccc(-c2nccn2CCc2ccccc2)c1. The molecule has 3 nitrogen and oxygen atoms in total. The van der Waals surface area contributed by atoms with Crippen LogP contribution in [-0.4, -0.2) is 9.55 Å². The molecule has 3 aromatic rings. The van der Waals surface area contributed by atoms with Crippen LogP contribution in [0, 0.1) is 0 Å². The fraction of sp³-hybridized carbons (Fsp3) is 0.118. The molecule has 0 aliphatic heterocycles. The number of hydrogen-bond acceptors (Lipinski definition) is 2. The van der Waals surface area contributed by atoms with E-state index in [1.165, 1.54) is 5.56 Å². The molecule has 3 rings (SSSR count). The van der Waals surface area contributed by atoms with E-state index in [1.807, 2.05) is 42.7 Å². The van der Waals surface area contributed by atoms with Crippen molar-refractivity contribution in [2.45, 2.75) is 13.0 Å². The minimum Gasteiger partial charge on any atom is -0.399 e. The molecule has 0 aliphatic rings. The van der Waals surface area contributed by atoms with Crippen molar-refractivity contribution in [2.24, 2.45) is 0 Å². The standard InChI is InChI=1S/C17H17N3/c18-16-8-4-7-15(13-16)17-19-10-12-20(17)11-9-14-5-2-1-3-6-14/h1-8,10,12-13H,9,11,18H2. The summed E-state index contributed by atoms with van der Waals surface area (Å²) in [6.45, 7) is 0.911. The zero-order valence-electron chi connectivity index (χ0n) is 11.2. The number of rotatable bonds is 4. The van der Waals surface area contributed by atoms with E-state index in [9.17, 15) is 0 Å². The van der Waals surface area contributed by atoms with Crippen LogP contribution < -0.4 is 5.73 Å². The lowest BCUT2D eigenvalue weighted by Crippen LogP contribution is -2.02. The van der Waals surface area contributed by atoms with Crippen molar-refractivity contribution in [3.63, 3.8) is 0 Å². The van der Waals surface area contributed by atoms with E-state index in [0.717, 1.165) is 30.0 Å². The third-order valence-corrected chi connectivity index (χ3v) is 3.34. The smallest absolute Gasteiger partial charge is 0.139 e. The van der Waals surface area contributed by atoms with Crippen LogP contribution in [0.15, 0.2) is 67.0 Å². The van der Waals surface area contributed by atoms with Crippen molar-refractivity contribution < 1.29 is 0 Å². The first-order valence-electron chi connectivity index (χ1n) is 6.74. The van der Waals surface area contributed by atoms with Gasteiger partial charge >= 0.3 is 0 Å². The molecule has 100 valence electrons. The van der Waals surface area contributed by atoms with Crippen molar-refractivity contribution >= 4 is 5.69 Å².